The summed E-state index contributed by atoms with van der Waals surface area (Å²) in [6.45, 7) is 13.7. The fraction of sp³-hybridized carbons (Fsp3) is 0.344. The predicted octanol–water partition coefficient (Wildman–Crippen LogP) is 7.81. The van der Waals surface area contributed by atoms with Gasteiger partial charge in [-0.15, -0.1) is 0 Å². The second kappa shape index (κ2) is 9.77. The van der Waals surface area contributed by atoms with Crippen LogP contribution in [0, 0.1) is 6.92 Å². The van der Waals surface area contributed by atoms with E-state index in [1.165, 1.54) is 0 Å². The first-order valence-corrected chi connectivity index (χ1v) is 13.2. The summed E-state index contributed by atoms with van der Waals surface area (Å²) >= 11 is 0. The number of aromatic nitrogens is 1. The van der Waals surface area contributed by atoms with Gasteiger partial charge in [0.1, 0.15) is 5.82 Å². The Labute approximate surface area is 218 Å². The van der Waals surface area contributed by atoms with E-state index in [1.807, 2.05) is 30.3 Å². The number of anilines is 1. The van der Waals surface area contributed by atoms with Crippen LogP contribution in [0.15, 0.2) is 73.5 Å². The van der Waals surface area contributed by atoms with Crippen molar-refractivity contribution in [3.05, 3.63) is 101 Å². The maximum atomic E-state index is 13.9. The number of alkyl halides is 2. The molecule has 0 bridgehead atoms. The van der Waals surface area contributed by atoms with Crippen molar-refractivity contribution < 1.29 is 8.78 Å². The number of hydrogen-bond donors (Lipinski definition) is 2. The van der Waals surface area contributed by atoms with Crippen LogP contribution in [-0.4, -0.2) is 17.5 Å². The second-order valence-corrected chi connectivity index (χ2v) is 10.6. The number of nitrogens with zero attached hydrogens (tertiary/aromatic N) is 1. The first-order valence-electron chi connectivity index (χ1n) is 13.2. The van der Waals surface area contributed by atoms with Crippen molar-refractivity contribution >= 4 is 11.5 Å². The lowest BCUT2D eigenvalue weighted by atomic mass is 9.90. The Hall–Kier alpha value is -3.47. The van der Waals surface area contributed by atoms with Crippen LogP contribution in [-0.2, 0) is 18.3 Å². The molecule has 192 valence electrons. The molecule has 5 heteroatoms. The van der Waals surface area contributed by atoms with Crippen LogP contribution in [0.2, 0.25) is 0 Å². The van der Waals surface area contributed by atoms with E-state index in [1.54, 1.807) is 0 Å². The van der Waals surface area contributed by atoms with Crippen molar-refractivity contribution in [2.45, 2.75) is 63.7 Å². The molecule has 0 amide bonds. The van der Waals surface area contributed by atoms with Gasteiger partial charge in [0.2, 0.25) is 0 Å². The third-order valence-corrected chi connectivity index (χ3v) is 7.71. The summed E-state index contributed by atoms with van der Waals surface area (Å²) in [5, 5.41) is 6.86. The fourth-order valence-corrected chi connectivity index (χ4v) is 5.31. The Morgan fingerprint density at radius 1 is 1.00 bits per heavy atom. The number of nitrogens with one attached hydrogen (secondary N) is 2. The summed E-state index contributed by atoms with van der Waals surface area (Å²) in [6.07, 6.45) is 3.81. The summed E-state index contributed by atoms with van der Waals surface area (Å²) in [4.78, 5) is 4.95. The van der Waals surface area contributed by atoms with Gasteiger partial charge in [0, 0.05) is 41.8 Å². The molecule has 0 spiro atoms. The second-order valence-electron chi connectivity index (χ2n) is 10.6. The zero-order chi connectivity index (χ0) is 26.2. The van der Waals surface area contributed by atoms with Gasteiger partial charge in [0.05, 0.1) is 5.69 Å². The van der Waals surface area contributed by atoms with Gasteiger partial charge in [-0.05, 0) is 66.1 Å². The summed E-state index contributed by atoms with van der Waals surface area (Å²) in [6, 6.07) is 18.2. The van der Waals surface area contributed by atoms with Crippen molar-refractivity contribution in [3.63, 3.8) is 0 Å². The van der Waals surface area contributed by atoms with Gasteiger partial charge in [0.15, 0.2) is 0 Å². The lowest BCUT2D eigenvalue weighted by molar-refractivity contribution is 0.0130. The summed E-state index contributed by atoms with van der Waals surface area (Å²) in [5.41, 5.74) is 8.21. The fourth-order valence-electron chi connectivity index (χ4n) is 5.31. The molecule has 5 rings (SSSR count). The molecule has 3 nitrogen and oxygen atoms in total. The molecule has 0 radical (unpaired) electrons. The van der Waals surface area contributed by atoms with Crippen molar-refractivity contribution in [3.8, 4) is 11.3 Å². The van der Waals surface area contributed by atoms with E-state index in [9.17, 15) is 8.78 Å². The Bertz CT molecular complexity index is 1350. The third kappa shape index (κ3) is 5.18. The minimum absolute atomic E-state index is 0.159. The molecule has 2 aliphatic rings. The number of hydrogen-bond acceptors (Lipinski definition) is 3. The average Bonchev–Trinajstić information content (AvgIpc) is 3.62. The summed E-state index contributed by atoms with van der Waals surface area (Å²) < 4.78 is 27.9. The molecule has 2 aromatic carbocycles. The monoisotopic (exact) mass is 499 g/mol. The van der Waals surface area contributed by atoms with Gasteiger partial charge in [-0.1, -0.05) is 69.0 Å². The van der Waals surface area contributed by atoms with Gasteiger partial charge in [-0.2, -0.15) is 0 Å². The maximum Gasteiger partial charge on any atom is 0.256 e. The molecule has 0 unspecified atom stereocenters. The SMILES string of the molecule is C=C(NCCCC)c1cccc(-c2nc(NC(=C)C3(c4ccc5c(c4)CC(F)(F)C5)CC3)ccc2C)c1. The molecule has 1 saturated carbocycles. The molecule has 2 aliphatic carbocycles. The number of unbranched alkanes of at least 4 members (excludes halogenated alkanes) is 1. The van der Waals surface area contributed by atoms with E-state index in [0.29, 0.717) is 0 Å². The number of pyridine rings is 1. The van der Waals surface area contributed by atoms with Crippen molar-refractivity contribution in [1.29, 1.82) is 0 Å². The van der Waals surface area contributed by atoms with Gasteiger partial charge >= 0.3 is 0 Å². The van der Waals surface area contributed by atoms with Crippen molar-refractivity contribution in [1.82, 2.24) is 10.3 Å². The van der Waals surface area contributed by atoms with Crippen molar-refractivity contribution in [2.24, 2.45) is 0 Å². The lowest BCUT2D eigenvalue weighted by Gasteiger charge is -2.22. The van der Waals surface area contributed by atoms with Crippen LogP contribution < -0.4 is 10.6 Å². The number of fused-ring (bicyclic) bond motifs is 1. The Morgan fingerprint density at radius 2 is 1.78 bits per heavy atom. The van der Waals surface area contributed by atoms with Crippen molar-refractivity contribution in [2.75, 3.05) is 11.9 Å². The summed E-state index contributed by atoms with van der Waals surface area (Å²) in [5.74, 6) is -1.90. The number of halogens is 2. The third-order valence-electron chi connectivity index (χ3n) is 7.71. The van der Waals surface area contributed by atoms with E-state index in [4.69, 9.17) is 4.98 Å². The van der Waals surface area contributed by atoms with E-state index in [0.717, 1.165) is 88.5 Å². The number of allylic oxidation sites excluding steroid dienone is 1. The number of benzene rings is 2. The highest BCUT2D eigenvalue weighted by Crippen LogP contribution is 2.54. The summed E-state index contributed by atoms with van der Waals surface area (Å²) in [7, 11) is 0. The molecular formula is C32H35F2N3. The topological polar surface area (TPSA) is 37.0 Å². The molecule has 1 aromatic heterocycles. The molecular weight excluding hydrogens is 464 g/mol. The molecule has 0 atom stereocenters. The van der Waals surface area contributed by atoms with E-state index in [2.05, 4.69) is 61.9 Å². The molecule has 0 aliphatic heterocycles. The highest BCUT2D eigenvalue weighted by molar-refractivity contribution is 5.72. The Kier molecular flexibility index (Phi) is 6.65. The van der Waals surface area contributed by atoms with Gasteiger partial charge in [0.25, 0.3) is 5.92 Å². The minimum Gasteiger partial charge on any atom is -0.385 e. The molecule has 2 N–H and O–H groups in total. The number of rotatable bonds is 10. The van der Waals surface area contributed by atoms with Crippen LogP contribution in [0.5, 0.6) is 0 Å². The van der Waals surface area contributed by atoms with Crippen LogP contribution in [0.3, 0.4) is 0 Å². The standard InChI is InChI=1S/C32H35F2N3/c1-5-6-16-35-22(3)24-8-7-9-25(17-24)30-21(2)10-13-29(37-30)36-23(4)31(14-15-31)28-12-11-26-19-32(33,34)20-27(26)18-28/h7-13,17-18,35H,3-6,14-16,19-20H2,1-2H3,(H,36,37). The van der Waals surface area contributed by atoms with Crippen LogP contribution in [0.25, 0.3) is 17.0 Å². The molecule has 1 fully saturated rings. The predicted molar refractivity (Wildman–Crippen MR) is 149 cm³/mol. The van der Waals surface area contributed by atoms with E-state index in [-0.39, 0.29) is 18.3 Å². The van der Waals surface area contributed by atoms with Gasteiger partial charge in [-0.25, -0.2) is 13.8 Å². The maximum absolute atomic E-state index is 13.9. The molecule has 1 heterocycles. The highest BCUT2D eigenvalue weighted by Gasteiger charge is 2.48. The normalized spacial score (nSPS) is 16.6. The van der Waals surface area contributed by atoms with Crippen LogP contribution in [0.4, 0.5) is 14.6 Å². The highest BCUT2D eigenvalue weighted by atomic mass is 19.3. The minimum atomic E-state index is -2.63. The average molecular weight is 500 g/mol. The van der Waals surface area contributed by atoms with E-state index >= 15 is 0 Å². The molecule has 37 heavy (non-hydrogen) atoms. The quantitative estimate of drug-likeness (QED) is 0.279. The first-order chi connectivity index (χ1) is 17.7. The van der Waals surface area contributed by atoms with Gasteiger partial charge in [-0.3, -0.25) is 0 Å². The van der Waals surface area contributed by atoms with Gasteiger partial charge < -0.3 is 10.6 Å². The molecule has 0 saturated heterocycles. The Balaban J connectivity index is 1.35. The first kappa shape index (κ1) is 25.2. The van der Waals surface area contributed by atoms with Crippen LogP contribution >= 0.6 is 0 Å². The zero-order valence-corrected chi connectivity index (χ0v) is 21.8. The Morgan fingerprint density at radius 3 is 2.54 bits per heavy atom. The lowest BCUT2D eigenvalue weighted by Crippen LogP contribution is -2.17. The molecule has 3 aromatic rings. The number of aryl methyl sites for hydroxylation is 1. The zero-order valence-electron chi connectivity index (χ0n) is 21.8. The largest absolute Gasteiger partial charge is 0.385 e. The smallest absolute Gasteiger partial charge is 0.256 e. The van der Waals surface area contributed by atoms with E-state index < -0.39 is 5.92 Å². The van der Waals surface area contributed by atoms with Crippen LogP contribution in [0.1, 0.15) is 60.4 Å².